The third kappa shape index (κ3) is 4.84. The molecule has 6 heteroatoms. The van der Waals surface area contributed by atoms with Crippen molar-refractivity contribution in [1.82, 2.24) is 19.9 Å². The highest BCUT2D eigenvalue weighted by atomic mass is 16.3. The summed E-state index contributed by atoms with van der Waals surface area (Å²) < 4.78 is 11.3. The molecule has 9 rings (SSSR count). The van der Waals surface area contributed by atoms with Crippen molar-refractivity contribution in [2.75, 3.05) is 0 Å². The van der Waals surface area contributed by atoms with E-state index < -0.39 is 0 Å². The largest absolute Gasteiger partial charge is 0.442 e. The second kappa shape index (κ2) is 11.6. The molecule has 0 aliphatic rings. The molecule has 0 aliphatic heterocycles. The summed E-state index contributed by atoms with van der Waals surface area (Å²) in [6.07, 6.45) is 9.91. The molecule has 0 spiro atoms. The summed E-state index contributed by atoms with van der Waals surface area (Å²) in [7, 11) is 0. The minimum atomic E-state index is 0.622. The van der Waals surface area contributed by atoms with Gasteiger partial charge in [-0.15, -0.1) is 0 Å². The van der Waals surface area contributed by atoms with E-state index in [1.165, 1.54) is 23.9 Å². The van der Waals surface area contributed by atoms with Gasteiger partial charge in [-0.3, -0.25) is 9.97 Å². The van der Waals surface area contributed by atoms with Crippen LogP contribution in [0.1, 0.15) is 0 Å². The van der Waals surface area contributed by atoms with E-state index in [0.29, 0.717) is 11.5 Å². The molecule has 48 heavy (non-hydrogen) atoms. The number of fused-ring (bicyclic) bond motifs is 2. The molecular formula is C42H26N4O2. The number of hydrogen-bond donors (Lipinski definition) is 0. The van der Waals surface area contributed by atoms with Gasteiger partial charge in [-0.05, 0) is 102 Å². The van der Waals surface area contributed by atoms with Gasteiger partial charge >= 0.3 is 0 Å². The van der Waals surface area contributed by atoms with Gasteiger partial charge in [0.05, 0.1) is 12.4 Å². The van der Waals surface area contributed by atoms with Gasteiger partial charge in [-0.2, -0.15) is 0 Å². The van der Waals surface area contributed by atoms with Crippen LogP contribution in [0.4, 0.5) is 0 Å². The molecule has 0 N–H and O–H groups in total. The predicted octanol–water partition coefficient (Wildman–Crippen LogP) is 10.8. The Kier molecular flexibility index (Phi) is 6.68. The first kappa shape index (κ1) is 27.6. The lowest BCUT2D eigenvalue weighted by Gasteiger charge is -2.19. The highest BCUT2D eigenvalue weighted by Gasteiger charge is 2.19. The minimum absolute atomic E-state index is 0.622. The van der Waals surface area contributed by atoms with E-state index >= 15 is 0 Å². The van der Waals surface area contributed by atoms with Crippen molar-refractivity contribution in [3.8, 4) is 67.4 Å². The summed E-state index contributed by atoms with van der Waals surface area (Å²) in [4.78, 5) is 17.5. The van der Waals surface area contributed by atoms with Crippen LogP contribution in [-0.2, 0) is 0 Å². The SMILES string of the molecule is c1ccc(-c2cccc(-c3ccc4c(-c5ccnc(-c6cnco6)c5)c5ccccc5c(-c5ccnc(-c6cnco6)c5)c4c3)c2)cc1. The van der Waals surface area contributed by atoms with Gasteiger partial charge in [0.15, 0.2) is 24.3 Å². The maximum atomic E-state index is 5.64. The maximum absolute atomic E-state index is 5.64. The summed E-state index contributed by atoms with van der Waals surface area (Å²) >= 11 is 0. The molecule has 5 aromatic carbocycles. The van der Waals surface area contributed by atoms with Gasteiger partial charge in [0.25, 0.3) is 0 Å². The van der Waals surface area contributed by atoms with Crippen LogP contribution >= 0.6 is 0 Å². The van der Waals surface area contributed by atoms with E-state index in [1.807, 2.05) is 18.5 Å². The Morgan fingerprint density at radius 1 is 0.375 bits per heavy atom. The number of oxazole rings is 2. The van der Waals surface area contributed by atoms with Crippen molar-refractivity contribution < 1.29 is 8.83 Å². The number of benzene rings is 5. The molecule has 0 radical (unpaired) electrons. The monoisotopic (exact) mass is 618 g/mol. The number of nitrogens with zero attached hydrogens (tertiary/aromatic N) is 4. The Balaban J connectivity index is 1.33. The van der Waals surface area contributed by atoms with E-state index in [2.05, 4.69) is 135 Å². The minimum Gasteiger partial charge on any atom is -0.442 e. The zero-order chi connectivity index (χ0) is 31.9. The second-order valence-electron chi connectivity index (χ2n) is 11.6. The van der Waals surface area contributed by atoms with Crippen LogP contribution in [0.2, 0.25) is 0 Å². The summed E-state index contributed by atoms with van der Waals surface area (Å²) in [5.74, 6) is 1.25. The van der Waals surface area contributed by atoms with Gasteiger partial charge in [-0.1, -0.05) is 84.9 Å². The molecule has 0 aliphatic carbocycles. The van der Waals surface area contributed by atoms with Crippen molar-refractivity contribution >= 4 is 21.5 Å². The van der Waals surface area contributed by atoms with Crippen LogP contribution in [0.5, 0.6) is 0 Å². The maximum Gasteiger partial charge on any atom is 0.181 e. The Morgan fingerprint density at radius 3 is 1.50 bits per heavy atom. The molecule has 226 valence electrons. The molecule has 0 bridgehead atoms. The highest BCUT2D eigenvalue weighted by Crippen LogP contribution is 2.45. The van der Waals surface area contributed by atoms with Crippen molar-refractivity contribution in [3.05, 3.63) is 159 Å². The molecule has 4 heterocycles. The van der Waals surface area contributed by atoms with Gasteiger partial charge in [0, 0.05) is 12.4 Å². The van der Waals surface area contributed by atoms with Crippen LogP contribution in [0.15, 0.2) is 168 Å². The van der Waals surface area contributed by atoms with Gasteiger partial charge in [0.1, 0.15) is 11.4 Å². The molecule has 9 aromatic rings. The van der Waals surface area contributed by atoms with E-state index in [1.54, 1.807) is 12.4 Å². The van der Waals surface area contributed by atoms with Crippen LogP contribution in [0.25, 0.3) is 89.0 Å². The van der Waals surface area contributed by atoms with Gasteiger partial charge < -0.3 is 8.83 Å². The number of hydrogen-bond acceptors (Lipinski definition) is 6. The highest BCUT2D eigenvalue weighted by molar-refractivity contribution is 6.22. The topological polar surface area (TPSA) is 77.8 Å². The van der Waals surface area contributed by atoms with Crippen LogP contribution in [0.3, 0.4) is 0 Å². The molecular weight excluding hydrogens is 592 g/mol. The fourth-order valence-electron chi connectivity index (χ4n) is 6.62. The fourth-order valence-corrected chi connectivity index (χ4v) is 6.62. The molecule has 0 atom stereocenters. The third-order valence-corrected chi connectivity index (χ3v) is 8.79. The molecule has 0 unspecified atom stereocenters. The van der Waals surface area contributed by atoms with E-state index in [0.717, 1.165) is 66.3 Å². The Labute approximate surface area is 276 Å². The van der Waals surface area contributed by atoms with Crippen molar-refractivity contribution in [2.24, 2.45) is 0 Å². The average molecular weight is 619 g/mol. The van der Waals surface area contributed by atoms with Gasteiger partial charge in [0.2, 0.25) is 0 Å². The molecule has 4 aromatic heterocycles. The smallest absolute Gasteiger partial charge is 0.181 e. The quantitative estimate of drug-likeness (QED) is 0.173. The summed E-state index contributed by atoms with van der Waals surface area (Å²) in [5.41, 5.74) is 10.4. The first-order valence-electron chi connectivity index (χ1n) is 15.6. The van der Waals surface area contributed by atoms with E-state index in [9.17, 15) is 0 Å². The molecule has 0 fully saturated rings. The second-order valence-corrected chi connectivity index (χ2v) is 11.6. The fraction of sp³-hybridized carbons (Fsp3) is 0. The summed E-state index contributed by atoms with van der Waals surface area (Å²) in [5, 5.41) is 4.51. The molecule has 0 amide bonds. The van der Waals surface area contributed by atoms with Crippen LogP contribution in [-0.4, -0.2) is 19.9 Å². The lowest BCUT2D eigenvalue weighted by atomic mass is 9.84. The zero-order valence-corrected chi connectivity index (χ0v) is 25.6. The number of aromatic nitrogens is 4. The summed E-state index contributed by atoms with van der Waals surface area (Å²) in [6, 6.07) is 42.9. The Bertz CT molecular complexity index is 2560. The molecule has 0 saturated heterocycles. The average Bonchev–Trinajstić information content (AvgIpc) is 3.90. The van der Waals surface area contributed by atoms with E-state index in [-0.39, 0.29) is 0 Å². The Hall–Kier alpha value is -6.66. The molecule has 6 nitrogen and oxygen atoms in total. The zero-order valence-electron chi connectivity index (χ0n) is 25.6. The first-order valence-corrected chi connectivity index (χ1v) is 15.6. The Morgan fingerprint density at radius 2 is 0.896 bits per heavy atom. The first-order chi connectivity index (χ1) is 23.8. The third-order valence-electron chi connectivity index (χ3n) is 8.79. The standard InChI is InChI=1S/C42H26N4O2/c1-2-7-27(8-3-1)28-9-6-10-29(19-28)30-13-14-35-36(20-30)42(32-16-18-46-38(22-32)40-24-44-26-48-40)34-12-5-4-11-33(34)41(35)31-15-17-45-37(21-31)39-23-43-25-47-39/h1-26H. The normalized spacial score (nSPS) is 11.3. The lowest BCUT2D eigenvalue weighted by Crippen LogP contribution is -1.93. The van der Waals surface area contributed by atoms with Crippen LogP contribution in [0, 0.1) is 0 Å². The van der Waals surface area contributed by atoms with Crippen molar-refractivity contribution in [2.45, 2.75) is 0 Å². The number of pyridine rings is 2. The van der Waals surface area contributed by atoms with Crippen molar-refractivity contribution in [3.63, 3.8) is 0 Å². The predicted molar refractivity (Wildman–Crippen MR) is 190 cm³/mol. The van der Waals surface area contributed by atoms with Gasteiger partial charge in [-0.25, -0.2) is 9.97 Å². The summed E-state index contributed by atoms with van der Waals surface area (Å²) in [6.45, 7) is 0. The molecule has 0 saturated carbocycles. The lowest BCUT2D eigenvalue weighted by molar-refractivity contribution is 0.569. The number of rotatable bonds is 6. The van der Waals surface area contributed by atoms with Crippen LogP contribution < -0.4 is 0 Å². The van der Waals surface area contributed by atoms with E-state index in [4.69, 9.17) is 8.83 Å². The van der Waals surface area contributed by atoms with Crippen molar-refractivity contribution in [1.29, 1.82) is 0 Å².